The number of hydrogen-bond acceptors (Lipinski definition) is 7. The van der Waals surface area contributed by atoms with E-state index in [4.69, 9.17) is 14.2 Å². The second kappa shape index (κ2) is 10.8. The summed E-state index contributed by atoms with van der Waals surface area (Å²) in [5.74, 6) is 1.31. The number of esters is 1. The van der Waals surface area contributed by atoms with Crippen LogP contribution in [0.15, 0.2) is 85.1 Å². The lowest BCUT2D eigenvalue weighted by Gasteiger charge is -2.19. The average Bonchev–Trinajstić information content (AvgIpc) is 2.93. The standard InChI is InChI=1S/C29H25N3O5/c1-2-35-29(34)19-6-9-23(10-7-19)31-27-18-22(12-13-30-27)28(33)32-24-5-3-4-20(16-24)21-8-11-25-26(17-21)37-15-14-36-25/h3-13,16-18H,2,14-15H2,1H3,(H,30,31)(H,32,33). The molecule has 1 aromatic heterocycles. The molecule has 0 unspecified atom stereocenters. The van der Waals surface area contributed by atoms with Crippen molar-refractivity contribution in [2.75, 3.05) is 30.5 Å². The molecule has 1 amide bonds. The third-order valence-electron chi connectivity index (χ3n) is 5.69. The number of aromatic nitrogens is 1. The molecule has 1 aliphatic heterocycles. The van der Waals surface area contributed by atoms with Crippen molar-refractivity contribution in [2.24, 2.45) is 0 Å². The van der Waals surface area contributed by atoms with E-state index in [2.05, 4.69) is 15.6 Å². The van der Waals surface area contributed by atoms with Crippen LogP contribution in [0.5, 0.6) is 11.5 Å². The first-order valence-electron chi connectivity index (χ1n) is 11.9. The molecule has 2 N–H and O–H groups in total. The molecule has 8 heteroatoms. The number of carbonyl (C=O) groups is 2. The van der Waals surface area contributed by atoms with Crippen molar-refractivity contribution in [3.05, 3.63) is 96.2 Å². The molecule has 186 valence electrons. The molecule has 0 spiro atoms. The Morgan fingerprint density at radius 2 is 1.62 bits per heavy atom. The lowest BCUT2D eigenvalue weighted by molar-refractivity contribution is 0.0526. The summed E-state index contributed by atoms with van der Waals surface area (Å²) in [7, 11) is 0. The second-order valence-corrected chi connectivity index (χ2v) is 8.25. The normalized spacial score (nSPS) is 11.9. The van der Waals surface area contributed by atoms with Gasteiger partial charge in [0.1, 0.15) is 19.0 Å². The largest absolute Gasteiger partial charge is 0.486 e. The molecule has 0 bridgehead atoms. The molecule has 0 saturated heterocycles. The number of amides is 1. The molecule has 4 aromatic rings. The van der Waals surface area contributed by atoms with Gasteiger partial charge in [-0.2, -0.15) is 0 Å². The van der Waals surface area contributed by atoms with Gasteiger partial charge in [-0.3, -0.25) is 4.79 Å². The zero-order valence-electron chi connectivity index (χ0n) is 20.2. The number of rotatable bonds is 7. The van der Waals surface area contributed by atoms with Crippen LogP contribution in [-0.2, 0) is 4.74 Å². The third kappa shape index (κ3) is 5.70. The first kappa shape index (κ1) is 23.9. The van der Waals surface area contributed by atoms with Gasteiger partial charge in [0.05, 0.1) is 12.2 Å². The predicted octanol–water partition coefficient (Wildman–Crippen LogP) is 5.69. The van der Waals surface area contributed by atoms with Crippen molar-refractivity contribution in [1.82, 2.24) is 4.98 Å². The number of pyridine rings is 1. The van der Waals surface area contributed by atoms with Crippen LogP contribution in [0.25, 0.3) is 11.1 Å². The van der Waals surface area contributed by atoms with Gasteiger partial charge in [0.25, 0.3) is 5.91 Å². The van der Waals surface area contributed by atoms with E-state index in [1.54, 1.807) is 49.5 Å². The van der Waals surface area contributed by atoms with E-state index < -0.39 is 0 Å². The molecular formula is C29H25N3O5. The smallest absolute Gasteiger partial charge is 0.338 e. The Labute approximate surface area is 214 Å². The maximum Gasteiger partial charge on any atom is 0.338 e. The molecule has 0 radical (unpaired) electrons. The fourth-order valence-corrected chi connectivity index (χ4v) is 3.89. The zero-order valence-corrected chi connectivity index (χ0v) is 20.2. The third-order valence-corrected chi connectivity index (χ3v) is 5.69. The van der Waals surface area contributed by atoms with E-state index in [1.807, 2.05) is 42.5 Å². The van der Waals surface area contributed by atoms with Crippen molar-refractivity contribution in [3.63, 3.8) is 0 Å². The minimum absolute atomic E-state index is 0.262. The molecule has 0 saturated carbocycles. The first-order chi connectivity index (χ1) is 18.1. The van der Waals surface area contributed by atoms with E-state index >= 15 is 0 Å². The Morgan fingerprint density at radius 3 is 2.43 bits per heavy atom. The minimum atomic E-state index is -0.371. The molecule has 2 heterocycles. The number of hydrogen-bond donors (Lipinski definition) is 2. The van der Waals surface area contributed by atoms with Gasteiger partial charge in [0.15, 0.2) is 11.5 Å². The number of fused-ring (bicyclic) bond motifs is 1. The maximum atomic E-state index is 13.0. The number of nitrogens with zero attached hydrogens (tertiary/aromatic N) is 1. The van der Waals surface area contributed by atoms with Gasteiger partial charge in [-0.25, -0.2) is 9.78 Å². The number of benzene rings is 3. The SMILES string of the molecule is CCOC(=O)c1ccc(Nc2cc(C(=O)Nc3cccc(-c4ccc5c(c4)OCCO5)c3)ccn2)cc1. The molecule has 5 rings (SSSR count). The average molecular weight is 496 g/mol. The van der Waals surface area contributed by atoms with E-state index in [0.717, 1.165) is 22.6 Å². The van der Waals surface area contributed by atoms with Crippen molar-refractivity contribution in [2.45, 2.75) is 6.92 Å². The summed E-state index contributed by atoms with van der Waals surface area (Å²) in [6.45, 7) is 3.15. The summed E-state index contributed by atoms with van der Waals surface area (Å²) in [4.78, 5) is 29.1. The molecule has 0 aliphatic carbocycles. The highest BCUT2D eigenvalue weighted by atomic mass is 16.6. The van der Waals surface area contributed by atoms with Crippen LogP contribution >= 0.6 is 0 Å². The van der Waals surface area contributed by atoms with Crippen molar-refractivity contribution in [3.8, 4) is 22.6 Å². The summed E-state index contributed by atoms with van der Waals surface area (Å²) in [6.07, 6.45) is 1.57. The molecule has 8 nitrogen and oxygen atoms in total. The van der Waals surface area contributed by atoms with Crippen molar-refractivity contribution >= 4 is 29.1 Å². The Morgan fingerprint density at radius 1 is 0.838 bits per heavy atom. The summed E-state index contributed by atoms with van der Waals surface area (Å²) in [5, 5.41) is 6.10. The lowest BCUT2D eigenvalue weighted by Crippen LogP contribution is -2.15. The van der Waals surface area contributed by atoms with E-state index in [-0.39, 0.29) is 11.9 Å². The molecule has 3 aromatic carbocycles. The Balaban J connectivity index is 1.27. The van der Waals surface area contributed by atoms with Crippen LogP contribution in [0.1, 0.15) is 27.6 Å². The number of nitrogens with one attached hydrogen (secondary N) is 2. The lowest BCUT2D eigenvalue weighted by atomic mass is 10.0. The quantitative estimate of drug-likeness (QED) is 0.318. The van der Waals surface area contributed by atoms with Gasteiger partial charge in [0, 0.05) is 23.1 Å². The summed E-state index contributed by atoms with van der Waals surface area (Å²) in [6, 6.07) is 23.6. The van der Waals surface area contributed by atoms with Gasteiger partial charge in [0.2, 0.25) is 0 Å². The summed E-state index contributed by atoms with van der Waals surface area (Å²) < 4.78 is 16.3. The Kier molecular flexibility index (Phi) is 6.98. The van der Waals surface area contributed by atoms with Crippen LogP contribution in [0.3, 0.4) is 0 Å². The molecular weight excluding hydrogens is 470 g/mol. The van der Waals surface area contributed by atoms with Gasteiger partial charge in [-0.05, 0) is 78.7 Å². The first-order valence-corrected chi connectivity index (χ1v) is 11.9. The fourth-order valence-electron chi connectivity index (χ4n) is 3.89. The highest BCUT2D eigenvalue weighted by molar-refractivity contribution is 6.05. The minimum Gasteiger partial charge on any atom is -0.486 e. The van der Waals surface area contributed by atoms with E-state index in [1.165, 1.54) is 0 Å². The second-order valence-electron chi connectivity index (χ2n) is 8.25. The van der Waals surface area contributed by atoms with Crippen molar-refractivity contribution < 1.29 is 23.8 Å². The van der Waals surface area contributed by atoms with Crippen LogP contribution < -0.4 is 20.1 Å². The summed E-state index contributed by atoms with van der Waals surface area (Å²) in [5.41, 5.74) is 4.21. The van der Waals surface area contributed by atoms with Gasteiger partial charge >= 0.3 is 5.97 Å². The molecule has 0 fully saturated rings. The number of anilines is 3. The van der Waals surface area contributed by atoms with Gasteiger partial charge in [-0.15, -0.1) is 0 Å². The Hall–Kier alpha value is -4.85. The van der Waals surface area contributed by atoms with Crippen LogP contribution in [0, 0.1) is 0 Å². The van der Waals surface area contributed by atoms with Crippen LogP contribution in [-0.4, -0.2) is 36.7 Å². The summed E-state index contributed by atoms with van der Waals surface area (Å²) >= 11 is 0. The van der Waals surface area contributed by atoms with E-state index in [9.17, 15) is 9.59 Å². The monoisotopic (exact) mass is 495 g/mol. The topological polar surface area (TPSA) is 98.8 Å². The fraction of sp³-hybridized carbons (Fsp3) is 0.138. The van der Waals surface area contributed by atoms with E-state index in [0.29, 0.717) is 48.2 Å². The van der Waals surface area contributed by atoms with Gasteiger partial charge < -0.3 is 24.8 Å². The Bertz CT molecular complexity index is 1440. The number of carbonyl (C=O) groups excluding carboxylic acids is 2. The van der Waals surface area contributed by atoms with Crippen LogP contribution in [0.2, 0.25) is 0 Å². The predicted molar refractivity (Wildman–Crippen MR) is 141 cm³/mol. The zero-order chi connectivity index (χ0) is 25.6. The highest BCUT2D eigenvalue weighted by Crippen LogP contribution is 2.35. The van der Waals surface area contributed by atoms with Crippen LogP contribution in [0.4, 0.5) is 17.2 Å². The molecule has 1 aliphatic rings. The maximum absolute atomic E-state index is 13.0. The number of ether oxygens (including phenoxy) is 3. The highest BCUT2D eigenvalue weighted by Gasteiger charge is 2.14. The van der Waals surface area contributed by atoms with Crippen molar-refractivity contribution in [1.29, 1.82) is 0 Å². The molecule has 37 heavy (non-hydrogen) atoms. The van der Waals surface area contributed by atoms with Gasteiger partial charge in [-0.1, -0.05) is 18.2 Å². The molecule has 0 atom stereocenters.